The zero-order valence-electron chi connectivity index (χ0n) is 11.7. The molecule has 4 heteroatoms. The van der Waals surface area contributed by atoms with Crippen LogP contribution in [0.2, 0.25) is 19.6 Å². The van der Waals surface area contributed by atoms with E-state index in [-0.39, 0.29) is 6.61 Å². The predicted octanol–water partition coefficient (Wildman–Crippen LogP) is 2.66. The van der Waals surface area contributed by atoms with Crippen molar-refractivity contribution in [3.63, 3.8) is 0 Å². The van der Waals surface area contributed by atoms with Crippen molar-refractivity contribution < 1.29 is 14.3 Å². The molecule has 0 bridgehead atoms. The summed E-state index contributed by atoms with van der Waals surface area (Å²) in [4.78, 5) is 23.0. The van der Waals surface area contributed by atoms with E-state index >= 15 is 0 Å². The summed E-state index contributed by atoms with van der Waals surface area (Å²) in [5, 5.41) is 0. The van der Waals surface area contributed by atoms with Crippen LogP contribution < -0.4 is 0 Å². The van der Waals surface area contributed by atoms with Gasteiger partial charge in [0.2, 0.25) is 0 Å². The summed E-state index contributed by atoms with van der Waals surface area (Å²) in [5.41, 5.74) is 4.42. The van der Waals surface area contributed by atoms with Crippen molar-refractivity contribution in [3.8, 4) is 11.5 Å². The zero-order valence-corrected chi connectivity index (χ0v) is 12.7. The predicted molar refractivity (Wildman–Crippen MR) is 77.6 cm³/mol. The summed E-state index contributed by atoms with van der Waals surface area (Å²) >= 11 is 0. The van der Waals surface area contributed by atoms with Gasteiger partial charge in [0, 0.05) is 11.1 Å². The van der Waals surface area contributed by atoms with Gasteiger partial charge in [-0.25, -0.2) is 4.79 Å². The molecule has 0 aliphatic carbocycles. The van der Waals surface area contributed by atoms with Crippen LogP contribution in [0.4, 0.5) is 0 Å². The molecule has 0 spiro atoms. The van der Waals surface area contributed by atoms with E-state index < -0.39 is 19.8 Å². The van der Waals surface area contributed by atoms with Gasteiger partial charge in [-0.3, -0.25) is 4.79 Å². The molecule has 19 heavy (non-hydrogen) atoms. The summed E-state index contributed by atoms with van der Waals surface area (Å²) in [6.45, 7) is 8.36. The number of ketones is 1. The van der Waals surface area contributed by atoms with Gasteiger partial charge in [0.25, 0.3) is 5.78 Å². The highest BCUT2D eigenvalue weighted by Gasteiger charge is 2.16. The smallest absolute Gasteiger partial charge is 0.379 e. The number of esters is 1. The number of hydrogen-bond donors (Lipinski definition) is 0. The molecule has 1 aromatic rings. The fourth-order valence-corrected chi connectivity index (χ4v) is 1.80. The van der Waals surface area contributed by atoms with Crippen LogP contribution in [0.5, 0.6) is 0 Å². The molecule has 0 fully saturated rings. The minimum atomic E-state index is -1.41. The van der Waals surface area contributed by atoms with Gasteiger partial charge < -0.3 is 4.74 Å². The second kappa shape index (κ2) is 6.35. The van der Waals surface area contributed by atoms with Crippen LogP contribution in [-0.2, 0) is 9.53 Å². The molecular formula is C15H18O3Si. The Bertz CT molecular complexity index is 527. The molecule has 3 nitrogen and oxygen atoms in total. The van der Waals surface area contributed by atoms with Crippen molar-refractivity contribution in [2.75, 3.05) is 6.61 Å². The first-order chi connectivity index (χ1) is 8.83. The van der Waals surface area contributed by atoms with Gasteiger partial charge in [0.15, 0.2) is 0 Å². The molecule has 0 heterocycles. The molecule has 0 radical (unpaired) electrons. The fraction of sp³-hybridized carbons (Fsp3) is 0.333. The van der Waals surface area contributed by atoms with Gasteiger partial charge in [-0.2, -0.15) is 0 Å². The van der Waals surface area contributed by atoms with E-state index in [1.807, 2.05) is 0 Å². The van der Waals surface area contributed by atoms with Gasteiger partial charge in [-0.05, 0) is 31.2 Å². The second-order valence-corrected chi connectivity index (χ2v) is 9.88. The van der Waals surface area contributed by atoms with Crippen LogP contribution in [0.25, 0.3) is 0 Å². The Kier molecular flexibility index (Phi) is 5.08. The van der Waals surface area contributed by atoms with Crippen molar-refractivity contribution in [3.05, 3.63) is 35.4 Å². The van der Waals surface area contributed by atoms with Crippen LogP contribution in [0.3, 0.4) is 0 Å². The maximum atomic E-state index is 11.7. The van der Waals surface area contributed by atoms with E-state index in [1.54, 1.807) is 31.2 Å². The number of Topliss-reactive ketones (excluding diaryl/α,β-unsaturated/α-hetero) is 1. The molecule has 0 saturated carbocycles. The van der Waals surface area contributed by atoms with Crippen LogP contribution in [0, 0.1) is 11.5 Å². The molecule has 0 aliphatic heterocycles. The molecule has 0 saturated heterocycles. The Hall–Kier alpha value is -1.86. The molecule has 0 atom stereocenters. The van der Waals surface area contributed by atoms with Gasteiger partial charge in [-0.15, -0.1) is 5.54 Å². The summed E-state index contributed by atoms with van der Waals surface area (Å²) in [6.07, 6.45) is 0. The average Bonchev–Trinajstić information content (AvgIpc) is 2.35. The molecular weight excluding hydrogens is 256 g/mol. The summed E-state index contributed by atoms with van der Waals surface area (Å²) < 4.78 is 4.67. The van der Waals surface area contributed by atoms with Crippen LogP contribution in [-0.4, -0.2) is 26.4 Å². The largest absolute Gasteiger partial charge is 0.460 e. The Morgan fingerprint density at radius 2 is 1.74 bits per heavy atom. The summed E-state index contributed by atoms with van der Waals surface area (Å²) in [5.74, 6) is 1.65. The normalized spacial score (nSPS) is 10.3. The van der Waals surface area contributed by atoms with Gasteiger partial charge in [0.05, 0.1) is 6.61 Å². The monoisotopic (exact) mass is 274 g/mol. The topological polar surface area (TPSA) is 43.4 Å². The maximum absolute atomic E-state index is 11.7. The molecule has 1 aromatic carbocycles. The lowest BCUT2D eigenvalue weighted by Crippen LogP contribution is -2.17. The highest BCUT2D eigenvalue weighted by Crippen LogP contribution is 2.06. The lowest BCUT2D eigenvalue weighted by atomic mass is 10.1. The Labute approximate surface area is 115 Å². The first-order valence-electron chi connectivity index (χ1n) is 6.18. The molecule has 0 aromatic heterocycles. The first kappa shape index (κ1) is 15.2. The van der Waals surface area contributed by atoms with Gasteiger partial charge >= 0.3 is 5.97 Å². The first-order valence-corrected chi connectivity index (χ1v) is 9.68. The summed E-state index contributed by atoms with van der Waals surface area (Å²) in [6, 6.07) is 6.71. The third-order valence-electron chi connectivity index (χ3n) is 2.19. The molecule has 100 valence electrons. The van der Waals surface area contributed by atoms with Crippen LogP contribution in [0.1, 0.15) is 22.8 Å². The highest BCUT2D eigenvalue weighted by molar-refractivity contribution is 6.83. The number of carbonyl (C=O) groups excluding carboxylic acids is 2. The summed E-state index contributed by atoms with van der Waals surface area (Å²) in [7, 11) is -1.41. The minimum Gasteiger partial charge on any atom is -0.460 e. The lowest BCUT2D eigenvalue weighted by Gasteiger charge is -2.03. The second-order valence-electron chi connectivity index (χ2n) is 5.13. The molecule has 0 unspecified atom stereocenters. The SMILES string of the molecule is CCOC(=O)C(=O)c1ccc(C#C[Si](C)(C)C)cc1. The van der Waals surface area contributed by atoms with E-state index in [1.165, 1.54) is 0 Å². The lowest BCUT2D eigenvalue weighted by molar-refractivity contribution is -0.137. The standard InChI is InChI=1S/C15H18O3Si/c1-5-18-15(17)14(16)13-8-6-12(7-9-13)10-11-19(2,3)4/h6-9H,5H2,1-4H3. The van der Waals surface area contributed by atoms with Crippen molar-refractivity contribution in [1.29, 1.82) is 0 Å². The Morgan fingerprint density at radius 3 is 2.21 bits per heavy atom. The van der Waals surface area contributed by atoms with Crippen LogP contribution >= 0.6 is 0 Å². The molecule has 0 N–H and O–H groups in total. The zero-order chi connectivity index (χ0) is 14.5. The number of carbonyl (C=O) groups is 2. The van der Waals surface area contributed by atoms with Crippen molar-refractivity contribution in [2.24, 2.45) is 0 Å². The van der Waals surface area contributed by atoms with E-state index in [0.717, 1.165) is 5.56 Å². The minimum absolute atomic E-state index is 0.199. The van der Waals surface area contributed by atoms with Gasteiger partial charge in [0.1, 0.15) is 8.07 Å². The number of rotatable bonds is 3. The van der Waals surface area contributed by atoms with Gasteiger partial charge in [-0.1, -0.05) is 25.6 Å². The van der Waals surface area contributed by atoms with Crippen molar-refractivity contribution in [1.82, 2.24) is 0 Å². The quantitative estimate of drug-likeness (QED) is 0.280. The van der Waals surface area contributed by atoms with Crippen LogP contribution in [0.15, 0.2) is 24.3 Å². The maximum Gasteiger partial charge on any atom is 0.379 e. The highest BCUT2D eigenvalue weighted by atomic mass is 28.3. The van der Waals surface area contributed by atoms with Crippen molar-refractivity contribution in [2.45, 2.75) is 26.6 Å². The third kappa shape index (κ3) is 5.10. The van der Waals surface area contributed by atoms with Crippen molar-refractivity contribution >= 4 is 19.8 Å². The average molecular weight is 274 g/mol. The third-order valence-corrected chi connectivity index (χ3v) is 3.06. The number of hydrogen-bond acceptors (Lipinski definition) is 3. The molecule has 0 amide bonds. The number of ether oxygens (including phenoxy) is 1. The fourth-order valence-electron chi connectivity index (χ4n) is 1.28. The Morgan fingerprint density at radius 1 is 1.16 bits per heavy atom. The van der Waals surface area contributed by atoms with E-state index in [4.69, 9.17) is 0 Å². The molecule has 1 rings (SSSR count). The number of benzene rings is 1. The van der Waals surface area contributed by atoms with E-state index in [2.05, 4.69) is 35.8 Å². The Balaban J connectivity index is 2.84. The van der Waals surface area contributed by atoms with E-state index in [9.17, 15) is 9.59 Å². The molecule has 0 aliphatic rings. The van der Waals surface area contributed by atoms with E-state index in [0.29, 0.717) is 5.56 Å².